The van der Waals surface area contributed by atoms with Crippen molar-refractivity contribution in [3.63, 3.8) is 0 Å². The number of ether oxygens (including phenoxy) is 1. The van der Waals surface area contributed by atoms with Crippen LogP contribution in [0.15, 0.2) is 0 Å². The van der Waals surface area contributed by atoms with Crippen molar-refractivity contribution >= 4 is 0 Å². The van der Waals surface area contributed by atoms with E-state index >= 15 is 0 Å². The lowest BCUT2D eigenvalue weighted by molar-refractivity contribution is 0.0450. The van der Waals surface area contributed by atoms with Crippen LogP contribution in [0.2, 0.25) is 0 Å². The maximum Gasteiger partial charge on any atom is 0.100 e. The Hall–Kier alpha value is -1.24. The predicted octanol–water partition coefficient (Wildman–Crippen LogP) is -15.6. The zero-order valence-electron chi connectivity index (χ0n) is 37.2. The van der Waals surface area contributed by atoms with E-state index in [0.717, 1.165) is 13.2 Å². The van der Waals surface area contributed by atoms with Gasteiger partial charge in [-0.1, -0.05) is 0 Å². The summed E-state index contributed by atoms with van der Waals surface area (Å²) in [5, 5.41) is 240. The first-order valence-electron chi connectivity index (χ1n) is 19.1. The molecule has 31 nitrogen and oxygen atoms in total. The molecule has 0 spiro atoms. The maximum atomic E-state index is 8.17. The topological polar surface area (TPSA) is 616 Å². The van der Waals surface area contributed by atoms with Gasteiger partial charge in [-0.05, 0) is 13.8 Å². The maximum absolute atomic E-state index is 8.17. The summed E-state index contributed by atoms with van der Waals surface area (Å²) in [6, 6.07) is 0. The molecule has 31 heteroatoms. The normalized spacial score (nSPS) is 9.88. The van der Waals surface area contributed by atoms with E-state index in [4.69, 9.17) is 158 Å². The summed E-state index contributed by atoms with van der Waals surface area (Å²) in [6.07, 6.45) is -9.54. The summed E-state index contributed by atoms with van der Waals surface area (Å²) in [4.78, 5) is 0. The minimum atomic E-state index is -0.954. The molecule has 0 unspecified atom stereocenters. The first-order chi connectivity index (χ1) is 30.5. The molecule has 0 aromatic carbocycles. The third kappa shape index (κ3) is 139. The summed E-state index contributed by atoms with van der Waals surface area (Å²) in [7, 11) is 0. The van der Waals surface area contributed by atoms with Crippen LogP contribution in [-0.4, -0.2) is 360 Å². The van der Waals surface area contributed by atoms with E-state index in [9.17, 15) is 0 Å². The lowest BCUT2D eigenvalue weighted by Crippen LogP contribution is -2.15. The SMILES string of the molecule is CCOCC.OCC(O)CO.OCC(O)CO.OCC(O)CO.OCC(O)CO.OCC(O)CO.OCC(O)CO.OCC(O)CO.OCC(O)CO.OCC(O)CO.OCC(O)CO. The summed E-state index contributed by atoms with van der Waals surface area (Å²) in [5.41, 5.74) is 0. The lowest BCUT2D eigenvalue weighted by atomic mass is 10.4. The predicted molar refractivity (Wildman–Crippen MR) is 224 cm³/mol. The van der Waals surface area contributed by atoms with Crippen molar-refractivity contribution in [3.8, 4) is 0 Å². The molecule has 65 heavy (non-hydrogen) atoms. The van der Waals surface area contributed by atoms with Crippen molar-refractivity contribution in [1.82, 2.24) is 0 Å². The quantitative estimate of drug-likeness (QED) is 0.0479. The Labute approximate surface area is 378 Å². The second kappa shape index (κ2) is 89.4. The van der Waals surface area contributed by atoms with Crippen LogP contribution in [0.25, 0.3) is 0 Å². The van der Waals surface area contributed by atoms with Crippen LogP contribution < -0.4 is 0 Å². The van der Waals surface area contributed by atoms with E-state index in [1.807, 2.05) is 13.8 Å². The van der Waals surface area contributed by atoms with E-state index in [-0.39, 0.29) is 132 Å². The molecule has 0 aliphatic rings. The number of aliphatic hydroxyl groups excluding tert-OH is 30. The molecule has 0 fully saturated rings. The molecule has 0 rings (SSSR count). The van der Waals surface area contributed by atoms with E-state index in [2.05, 4.69) is 0 Å². The Kier molecular flexibility index (Phi) is 124. The van der Waals surface area contributed by atoms with Crippen LogP contribution in [0.1, 0.15) is 13.8 Å². The van der Waals surface area contributed by atoms with Crippen molar-refractivity contribution in [1.29, 1.82) is 0 Å². The molecule has 0 atom stereocenters. The second-order valence-electron chi connectivity index (χ2n) is 11.0. The molecule has 0 saturated carbocycles. The van der Waals surface area contributed by atoms with E-state index < -0.39 is 61.0 Å². The molecule has 0 aliphatic heterocycles. The van der Waals surface area contributed by atoms with Gasteiger partial charge in [0, 0.05) is 13.2 Å². The van der Waals surface area contributed by atoms with Gasteiger partial charge in [-0.3, -0.25) is 0 Å². The van der Waals surface area contributed by atoms with E-state index in [0.29, 0.717) is 0 Å². The minimum absolute atomic E-state index is 0.365. The van der Waals surface area contributed by atoms with Crippen LogP contribution in [0, 0.1) is 0 Å². The van der Waals surface area contributed by atoms with Crippen LogP contribution in [0.5, 0.6) is 0 Å². The number of rotatable bonds is 22. The zero-order valence-corrected chi connectivity index (χ0v) is 37.2. The van der Waals surface area contributed by atoms with Gasteiger partial charge in [0.15, 0.2) is 0 Å². The highest BCUT2D eigenvalue weighted by Gasteiger charge is 1.98. The van der Waals surface area contributed by atoms with Gasteiger partial charge < -0.3 is 158 Å². The second-order valence-corrected chi connectivity index (χ2v) is 11.0. The van der Waals surface area contributed by atoms with Gasteiger partial charge in [0.05, 0.1) is 132 Å². The molecular weight excluding hydrogens is 904 g/mol. The standard InChI is InChI=1S/C4H10O.10C3H8O3/c1-3-5-4-2;10*4-1-3(6)2-5/h3-4H2,1-2H3;10*3-6H,1-2H2. The Morgan fingerprint density at radius 1 is 0.185 bits per heavy atom. The highest BCUT2D eigenvalue weighted by molar-refractivity contribution is 4.48. The fraction of sp³-hybridized carbons (Fsp3) is 1.00. The van der Waals surface area contributed by atoms with Gasteiger partial charge in [-0.25, -0.2) is 0 Å². The molecule has 0 bridgehead atoms. The van der Waals surface area contributed by atoms with Crippen LogP contribution in [0.3, 0.4) is 0 Å². The van der Waals surface area contributed by atoms with Crippen molar-refractivity contribution in [2.75, 3.05) is 145 Å². The highest BCUT2D eigenvalue weighted by Crippen LogP contribution is 1.76. The number of hydrogen-bond donors (Lipinski definition) is 30. The number of aliphatic hydroxyl groups is 30. The average molecular weight is 995 g/mol. The Bertz CT molecular complexity index is 464. The van der Waals surface area contributed by atoms with Gasteiger partial charge >= 0.3 is 0 Å². The van der Waals surface area contributed by atoms with Gasteiger partial charge in [0.25, 0.3) is 0 Å². The number of hydrogen-bond acceptors (Lipinski definition) is 31. The molecular formula is C34H90O31. The molecule has 0 amide bonds. The summed E-state index contributed by atoms with van der Waals surface area (Å²) < 4.78 is 4.83. The molecule has 0 aromatic rings. The van der Waals surface area contributed by atoms with Gasteiger partial charge in [-0.15, -0.1) is 0 Å². The van der Waals surface area contributed by atoms with Crippen molar-refractivity contribution in [2.45, 2.75) is 74.9 Å². The fourth-order valence-electron chi connectivity index (χ4n) is 0.781. The smallest absolute Gasteiger partial charge is 0.100 e. The van der Waals surface area contributed by atoms with Crippen LogP contribution >= 0.6 is 0 Å². The Morgan fingerprint density at radius 2 is 0.246 bits per heavy atom. The molecule has 0 heterocycles. The van der Waals surface area contributed by atoms with Crippen LogP contribution in [-0.2, 0) is 4.74 Å². The molecule has 412 valence electrons. The van der Waals surface area contributed by atoms with E-state index in [1.165, 1.54) is 0 Å². The molecule has 0 radical (unpaired) electrons. The van der Waals surface area contributed by atoms with Gasteiger partial charge in [0.2, 0.25) is 0 Å². The molecule has 0 aliphatic carbocycles. The van der Waals surface area contributed by atoms with Gasteiger partial charge in [0.1, 0.15) is 61.0 Å². The van der Waals surface area contributed by atoms with Crippen molar-refractivity contribution in [3.05, 3.63) is 0 Å². The van der Waals surface area contributed by atoms with E-state index in [1.54, 1.807) is 0 Å². The Balaban J connectivity index is -0.0000000548. The third-order valence-electron chi connectivity index (χ3n) is 4.62. The molecule has 30 N–H and O–H groups in total. The van der Waals surface area contributed by atoms with Crippen LogP contribution in [0.4, 0.5) is 0 Å². The highest BCUT2D eigenvalue weighted by atomic mass is 16.5. The average Bonchev–Trinajstić information content (AvgIpc) is 3.37. The summed E-state index contributed by atoms with van der Waals surface area (Å²) >= 11 is 0. The summed E-state index contributed by atoms with van der Waals surface area (Å²) in [5.74, 6) is 0. The molecule has 0 aromatic heterocycles. The first-order valence-corrected chi connectivity index (χ1v) is 19.1. The zero-order chi connectivity index (χ0) is 54.0. The largest absolute Gasteiger partial charge is 0.394 e. The lowest BCUT2D eigenvalue weighted by Gasteiger charge is -1.96. The monoisotopic (exact) mass is 995 g/mol. The third-order valence-corrected chi connectivity index (χ3v) is 4.62. The van der Waals surface area contributed by atoms with Crippen molar-refractivity contribution in [2.24, 2.45) is 0 Å². The van der Waals surface area contributed by atoms with Gasteiger partial charge in [-0.2, -0.15) is 0 Å². The minimum Gasteiger partial charge on any atom is -0.394 e. The van der Waals surface area contributed by atoms with Crippen molar-refractivity contribution < 1.29 is 158 Å². The molecule has 0 saturated heterocycles. The Morgan fingerprint density at radius 3 is 0.246 bits per heavy atom. The fourth-order valence-corrected chi connectivity index (χ4v) is 0.781. The summed E-state index contributed by atoms with van der Waals surface area (Å²) in [6.45, 7) is -1.62. The first kappa shape index (κ1) is 90.2.